The minimum Gasteiger partial charge on any atom is -0.479 e. The fourth-order valence-electron chi connectivity index (χ4n) is 1.95. The third-order valence-electron chi connectivity index (χ3n) is 3.06. The van der Waals surface area contributed by atoms with Crippen LogP contribution in [0.25, 0.3) is 0 Å². The van der Waals surface area contributed by atoms with Crippen molar-refractivity contribution < 1.29 is 23.8 Å². The quantitative estimate of drug-likeness (QED) is 0.784. The maximum atomic E-state index is 14.4. The second-order valence-corrected chi connectivity index (χ2v) is 6.33. The van der Waals surface area contributed by atoms with Gasteiger partial charge < -0.3 is 14.7 Å². The van der Waals surface area contributed by atoms with Gasteiger partial charge in [0.05, 0.1) is 6.54 Å². The van der Waals surface area contributed by atoms with E-state index in [9.17, 15) is 14.0 Å². The molecule has 1 heterocycles. The predicted octanol–water partition coefficient (Wildman–Crippen LogP) is 2.06. The van der Waals surface area contributed by atoms with E-state index in [0.29, 0.717) is 0 Å². The van der Waals surface area contributed by atoms with Gasteiger partial charge >= 0.3 is 12.1 Å². The van der Waals surface area contributed by atoms with Gasteiger partial charge in [-0.3, -0.25) is 0 Å². The molecule has 1 N–H and O–H groups in total. The minimum absolute atomic E-state index is 0.0186. The molecule has 1 amide bonds. The summed E-state index contributed by atoms with van der Waals surface area (Å²) in [4.78, 5) is 24.0. The first-order valence-electron chi connectivity index (χ1n) is 5.79. The molecule has 0 aromatic carbocycles. The largest absolute Gasteiger partial charge is 0.479 e. The highest BCUT2D eigenvalue weighted by Crippen LogP contribution is 2.42. The number of rotatable bonds is 1. The number of carbonyl (C=O) groups is 2. The summed E-state index contributed by atoms with van der Waals surface area (Å²) in [7, 11) is 0. The average Bonchev–Trinajstić information content (AvgIpc) is 2.36. The molecule has 104 valence electrons. The van der Waals surface area contributed by atoms with E-state index in [1.165, 1.54) is 13.8 Å². The molecule has 1 unspecified atom stereocenters. The third-order valence-corrected chi connectivity index (χ3v) is 3.06. The van der Waals surface area contributed by atoms with E-state index in [2.05, 4.69) is 0 Å². The number of carboxylic acids is 1. The summed E-state index contributed by atoms with van der Waals surface area (Å²) in [5.41, 5.74) is -4.27. The molecule has 0 aliphatic carbocycles. The van der Waals surface area contributed by atoms with Gasteiger partial charge in [0.15, 0.2) is 0 Å². The third kappa shape index (κ3) is 2.57. The summed E-state index contributed by atoms with van der Waals surface area (Å²) < 4.78 is 19.5. The zero-order valence-corrected chi connectivity index (χ0v) is 11.4. The smallest absolute Gasteiger partial charge is 0.410 e. The molecule has 1 aliphatic rings. The van der Waals surface area contributed by atoms with Crippen LogP contribution in [0, 0.1) is 5.41 Å². The minimum atomic E-state index is -2.44. The van der Waals surface area contributed by atoms with Gasteiger partial charge in [0, 0.05) is 12.0 Å². The monoisotopic (exact) mass is 261 g/mol. The van der Waals surface area contributed by atoms with Crippen molar-refractivity contribution in [3.63, 3.8) is 0 Å². The maximum absolute atomic E-state index is 14.4. The van der Waals surface area contributed by atoms with Crippen LogP contribution >= 0.6 is 0 Å². The zero-order chi connectivity index (χ0) is 14.4. The molecule has 0 spiro atoms. The predicted molar refractivity (Wildman–Crippen MR) is 63.1 cm³/mol. The second kappa shape index (κ2) is 4.10. The molecule has 0 saturated carbocycles. The molecule has 1 rings (SSSR count). The first-order chi connectivity index (χ1) is 7.89. The number of nitrogens with zero attached hydrogens (tertiary/aromatic N) is 1. The van der Waals surface area contributed by atoms with Gasteiger partial charge in [-0.1, -0.05) is 13.8 Å². The Bertz CT molecular complexity index is 375. The van der Waals surface area contributed by atoms with Crippen LogP contribution in [0.5, 0.6) is 0 Å². The number of hydrogen-bond acceptors (Lipinski definition) is 3. The first kappa shape index (κ1) is 14.7. The molecule has 1 saturated heterocycles. The highest BCUT2D eigenvalue weighted by molar-refractivity contribution is 5.81. The Morgan fingerprint density at radius 2 is 1.78 bits per heavy atom. The Hall–Kier alpha value is -1.33. The second-order valence-electron chi connectivity index (χ2n) is 6.33. The fourth-order valence-corrected chi connectivity index (χ4v) is 1.95. The Labute approximate surface area is 106 Å². The van der Waals surface area contributed by atoms with Gasteiger partial charge in [0.25, 0.3) is 0 Å². The molecular formula is C12H20FNO4. The topological polar surface area (TPSA) is 66.8 Å². The van der Waals surface area contributed by atoms with Crippen molar-refractivity contribution in [3.8, 4) is 0 Å². The summed E-state index contributed by atoms with van der Waals surface area (Å²) in [5, 5.41) is 8.99. The lowest BCUT2D eigenvalue weighted by molar-refractivity contribution is -0.155. The summed E-state index contributed by atoms with van der Waals surface area (Å²) >= 11 is 0. The van der Waals surface area contributed by atoms with Crippen LogP contribution in [-0.4, -0.2) is 46.4 Å². The van der Waals surface area contributed by atoms with Crippen molar-refractivity contribution in [2.24, 2.45) is 5.41 Å². The molecule has 1 atom stereocenters. The van der Waals surface area contributed by atoms with Crippen molar-refractivity contribution in [2.45, 2.75) is 45.9 Å². The number of aliphatic carboxylic acids is 1. The van der Waals surface area contributed by atoms with Crippen molar-refractivity contribution in [3.05, 3.63) is 0 Å². The molecule has 1 aliphatic heterocycles. The van der Waals surface area contributed by atoms with E-state index in [0.717, 1.165) is 4.90 Å². The highest BCUT2D eigenvalue weighted by atomic mass is 19.1. The summed E-state index contributed by atoms with van der Waals surface area (Å²) in [6.07, 6.45) is -0.684. The number of ether oxygens (including phenoxy) is 1. The van der Waals surface area contributed by atoms with Crippen LogP contribution in [0.3, 0.4) is 0 Å². The molecule has 5 nitrogen and oxygen atoms in total. The molecule has 18 heavy (non-hydrogen) atoms. The molecule has 1 fully saturated rings. The number of halogens is 1. The van der Waals surface area contributed by atoms with E-state index in [1.54, 1.807) is 20.8 Å². The van der Waals surface area contributed by atoms with Crippen LogP contribution in [0.4, 0.5) is 9.18 Å². The standard InChI is InChI=1S/C12H20FNO4/c1-10(2,3)18-9(17)14-6-11(4,5)12(13,7-14)8(15)16/h6-7H2,1-5H3,(H,15,16). The van der Waals surface area contributed by atoms with E-state index in [-0.39, 0.29) is 6.54 Å². The molecule has 0 bridgehead atoms. The van der Waals surface area contributed by atoms with Gasteiger partial charge in [0.2, 0.25) is 5.67 Å². The van der Waals surface area contributed by atoms with E-state index >= 15 is 0 Å². The van der Waals surface area contributed by atoms with Crippen molar-refractivity contribution in [1.82, 2.24) is 4.90 Å². The number of alkyl halides is 1. The Balaban J connectivity index is 2.87. The van der Waals surface area contributed by atoms with Crippen molar-refractivity contribution in [2.75, 3.05) is 13.1 Å². The summed E-state index contributed by atoms with van der Waals surface area (Å²) in [6.45, 7) is 7.62. The lowest BCUT2D eigenvalue weighted by Crippen LogP contribution is -2.47. The number of amides is 1. The van der Waals surface area contributed by atoms with Crippen LogP contribution < -0.4 is 0 Å². The first-order valence-corrected chi connectivity index (χ1v) is 5.79. The average molecular weight is 261 g/mol. The number of likely N-dealkylation sites (tertiary alicyclic amines) is 1. The van der Waals surface area contributed by atoms with Gasteiger partial charge in [-0.05, 0) is 20.8 Å². The van der Waals surface area contributed by atoms with Crippen LogP contribution in [-0.2, 0) is 9.53 Å². The summed E-state index contributed by atoms with van der Waals surface area (Å²) in [5.74, 6) is -1.54. The normalized spacial score (nSPS) is 27.1. The summed E-state index contributed by atoms with van der Waals surface area (Å²) in [6, 6.07) is 0. The van der Waals surface area contributed by atoms with Crippen LogP contribution in [0.15, 0.2) is 0 Å². The SMILES string of the molecule is CC(C)(C)OC(=O)N1CC(C)(C)C(F)(C(=O)O)C1. The van der Waals surface area contributed by atoms with Gasteiger partial charge in [-0.25, -0.2) is 14.0 Å². The van der Waals surface area contributed by atoms with Crippen LogP contribution in [0.2, 0.25) is 0 Å². The van der Waals surface area contributed by atoms with Crippen molar-refractivity contribution in [1.29, 1.82) is 0 Å². The molecule has 6 heteroatoms. The van der Waals surface area contributed by atoms with Gasteiger partial charge in [-0.15, -0.1) is 0 Å². The zero-order valence-electron chi connectivity index (χ0n) is 11.4. The highest BCUT2D eigenvalue weighted by Gasteiger charge is 2.60. The van der Waals surface area contributed by atoms with E-state index in [4.69, 9.17) is 9.84 Å². The van der Waals surface area contributed by atoms with Crippen molar-refractivity contribution >= 4 is 12.1 Å². The molecule has 0 aromatic rings. The van der Waals surface area contributed by atoms with Gasteiger partial charge in [-0.2, -0.15) is 0 Å². The lowest BCUT2D eigenvalue weighted by Gasteiger charge is -2.27. The Morgan fingerprint density at radius 3 is 2.11 bits per heavy atom. The molecule has 0 aromatic heterocycles. The Morgan fingerprint density at radius 1 is 1.28 bits per heavy atom. The Kier molecular flexibility index (Phi) is 3.36. The number of carboxylic acid groups (broad SMARTS) is 1. The van der Waals surface area contributed by atoms with E-state index < -0.39 is 35.3 Å². The van der Waals surface area contributed by atoms with E-state index in [1.807, 2.05) is 0 Å². The number of hydrogen-bond donors (Lipinski definition) is 1. The van der Waals surface area contributed by atoms with Gasteiger partial charge in [0.1, 0.15) is 5.60 Å². The number of carbonyl (C=O) groups excluding carboxylic acids is 1. The molecule has 0 radical (unpaired) electrons. The lowest BCUT2D eigenvalue weighted by atomic mass is 9.79. The molecular weight excluding hydrogens is 241 g/mol. The fraction of sp³-hybridized carbons (Fsp3) is 0.833. The maximum Gasteiger partial charge on any atom is 0.410 e. The van der Waals surface area contributed by atoms with Crippen LogP contribution in [0.1, 0.15) is 34.6 Å².